The summed E-state index contributed by atoms with van der Waals surface area (Å²) in [5.74, 6) is -11.0. The highest BCUT2D eigenvalue weighted by Gasteiger charge is 2.72. The van der Waals surface area contributed by atoms with Gasteiger partial charge in [0.25, 0.3) is 0 Å². The standard InChI is InChI=1S/C24H22F6O4S/c1-14-18(5-3-6-19(14)22(25,26)23(27,33)24(28,29)30)21(2,20-7-4-10-35-20)34-17-9-8-15(12-31)16(11-17)13-32/h3-11,31-33H,12-13H2,1-2H3. The van der Waals surface area contributed by atoms with Gasteiger partial charge >= 0.3 is 18.0 Å². The van der Waals surface area contributed by atoms with Crippen LogP contribution in [0, 0.1) is 6.92 Å². The summed E-state index contributed by atoms with van der Waals surface area (Å²) in [6.07, 6.45) is -6.25. The number of halogens is 6. The van der Waals surface area contributed by atoms with E-state index >= 15 is 0 Å². The number of alkyl halides is 6. The first-order valence-corrected chi connectivity index (χ1v) is 11.1. The molecule has 3 rings (SSSR count). The fraction of sp³-hybridized carbons (Fsp3) is 0.333. The first-order valence-electron chi connectivity index (χ1n) is 10.2. The van der Waals surface area contributed by atoms with Crippen LogP contribution < -0.4 is 4.74 Å². The maximum Gasteiger partial charge on any atom is 0.455 e. The second-order valence-corrected chi connectivity index (χ2v) is 8.98. The Bertz CT molecular complexity index is 1180. The van der Waals surface area contributed by atoms with Crippen LogP contribution in [0.3, 0.4) is 0 Å². The molecule has 0 saturated heterocycles. The molecule has 0 aliphatic heterocycles. The molecule has 4 nitrogen and oxygen atoms in total. The molecule has 0 spiro atoms. The van der Waals surface area contributed by atoms with Crippen molar-refractivity contribution in [3.05, 3.63) is 86.6 Å². The lowest BCUT2D eigenvalue weighted by molar-refractivity contribution is -0.390. The minimum atomic E-state index is -6.25. The van der Waals surface area contributed by atoms with Gasteiger partial charge in [-0.15, -0.1) is 11.3 Å². The Morgan fingerprint density at radius 2 is 1.49 bits per heavy atom. The molecule has 35 heavy (non-hydrogen) atoms. The van der Waals surface area contributed by atoms with Crippen molar-refractivity contribution in [1.82, 2.24) is 0 Å². The number of aliphatic hydroxyl groups excluding tert-OH is 2. The average Bonchev–Trinajstić information content (AvgIpc) is 3.33. The molecule has 0 radical (unpaired) electrons. The van der Waals surface area contributed by atoms with Crippen LogP contribution in [-0.4, -0.2) is 27.4 Å². The number of aliphatic hydroxyl groups is 3. The van der Waals surface area contributed by atoms with E-state index in [9.17, 15) is 36.6 Å². The van der Waals surface area contributed by atoms with Crippen LogP contribution in [-0.2, 0) is 24.7 Å². The van der Waals surface area contributed by atoms with Crippen LogP contribution in [0.4, 0.5) is 26.3 Å². The summed E-state index contributed by atoms with van der Waals surface area (Å²) in [6.45, 7) is 1.83. The zero-order chi connectivity index (χ0) is 26.2. The quantitative estimate of drug-likeness (QED) is 0.334. The second-order valence-electron chi connectivity index (χ2n) is 8.03. The summed E-state index contributed by atoms with van der Waals surface area (Å²) >= 11 is 1.19. The summed E-state index contributed by atoms with van der Waals surface area (Å²) in [7, 11) is 0. The topological polar surface area (TPSA) is 69.9 Å². The number of ether oxygens (including phenoxy) is 1. The van der Waals surface area contributed by atoms with E-state index in [1.165, 1.54) is 42.5 Å². The van der Waals surface area contributed by atoms with Crippen LogP contribution >= 0.6 is 11.3 Å². The van der Waals surface area contributed by atoms with E-state index in [0.29, 0.717) is 22.1 Å². The Hall–Kier alpha value is -2.60. The predicted molar refractivity (Wildman–Crippen MR) is 117 cm³/mol. The third kappa shape index (κ3) is 4.65. The molecule has 11 heteroatoms. The van der Waals surface area contributed by atoms with Crippen molar-refractivity contribution in [2.75, 3.05) is 0 Å². The monoisotopic (exact) mass is 520 g/mol. The maximum atomic E-state index is 14.8. The van der Waals surface area contributed by atoms with Gasteiger partial charge in [0.1, 0.15) is 5.75 Å². The lowest BCUT2D eigenvalue weighted by Gasteiger charge is -2.35. The number of hydrogen-bond donors (Lipinski definition) is 3. The van der Waals surface area contributed by atoms with Crippen molar-refractivity contribution in [2.24, 2.45) is 0 Å². The number of benzene rings is 2. The highest BCUT2D eigenvalue weighted by Crippen LogP contribution is 2.51. The molecule has 0 saturated carbocycles. The van der Waals surface area contributed by atoms with Gasteiger partial charge in [0.15, 0.2) is 5.60 Å². The van der Waals surface area contributed by atoms with Gasteiger partial charge in [0, 0.05) is 11.1 Å². The minimum Gasteiger partial charge on any atom is -0.477 e. The van der Waals surface area contributed by atoms with Crippen molar-refractivity contribution in [1.29, 1.82) is 0 Å². The molecule has 0 bridgehead atoms. The largest absolute Gasteiger partial charge is 0.477 e. The Balaban J connectivity index is 2.19. The smallest absolute Gasteiger partial charge is 0.455 e. The van der Waals surface area contributed by atoms with Gasteiger partial charge in [-0.3, -0.25) is 0 Å². The summed E-state index contributed by atoms with van der Waals surface area (Å²) in [6, 6.07) is 10.7. The zero-order valence-electron chi connectivity index (χ0n) is 18.5. The van der Waals surface area contributed by atoms with Crippen LogP contribution in [0.2, 0.25) is 0 Å². The highest BCUT2D eigenvalue weighted by atomic mass is 32.1. The van der Waals surface area contributed by atoms with E-state index in [4.69, 9.17) is 9.84 Å². The normalized spacial score (nSPS) is 16.0. The van der Waals surface area contributed by atoms with E-state index in [0.717, 1.165) is 13.0 Å². The zero-order valence-corrected chi connectivity index (χ0v) is 19.4. The molecule has 190 valence electrons. The first-order chi connectivity index (χ1) is 16.2. The van der Waals surface area contributed by atoms with Crippen LogP contribution in [0.5, 0.6) is 5.75 Å². The predicted octanol–water partition coefficient (Wildman–Crippen LogP) is 5.70. The Kier molecular flexibility index (Phi) is 7.29. The molecule has 2 aromatic carbocycles. The van der Waals surface area contributed by atoms with Crippen LogP contribution in [0.1, 0.15) is 39.6 Å². The van der Waals surface area contributed by atoms with E-state index in [1.54, 1.807) is 17.5 Å². The highest BCUT2D eigenvalue weighted by molar-refractivity contribution is 7.10. The van der Waals surface area contributed by atoms with E-state index in [1.807, 2.05) is 0 Å². The Morgan fingerprint density at radius 3 is 2.03 bits per heavy atom. The van der Waals surface area contributed by atoms with E-state index in [2.05, 4.69) is 0 Å². The first kappa shape index (κ1) is 27.0. The van der Waals surface area contributed by atoms with Gasteiger partial charge in [-0.1, -0.05) is 30.3 Å². The molecule has 0 amide bonds. The fourth-order valence-electron chi connectivity index (χ4n) is 3.84. The van der Waals surface area contributed by atoms with Gasteiger partial charge in [-0.05, 0) is 54.1 Å². The number of hydrogen-bond acceptors (Lipinski definition) is 5. The van der Waals surface area contributed by atoms with Gasteiger partial charge in [-0.25, -0.2) is 0 Å². The molecular weight excluding hydrogens is 498 g/mol. The Labute approximate surface area is 201 Å². The molecule has 1 heterocycles. The van der Waals surface area contributed by atoms with Crippen molar-refractivity contribution in [3.8, 4) is 5.75 Å². The second kappa shape index (κ2) is 9.45. The number of thiophene rings is 1. The molecule has 3 N–H and O–H groups in total. The summed E-state index contributed by atoms with van der Waals surface area (Å²) in [5, 5.41) is 29.8. The molecule has 1 aromatic heterocycles. The molecule has 3 aromatic rings. The van der Waals surface area contributed by atoms with E-state index in [-0.39, 0.29) is 17.9 Å². The van der Waals surface area contributed by atoms with Crippen molar-refractivity contribution in [3.63, 3.8) is 0 Å². The average molecular weight is 520 g/mol. The van der Waals surface area contributed by atoms with Gasteiger partial charge in [-0.2, -0.15) is 26.3 Å². The molecule has 2 atom stereocenters. The third-order valence-corrected chi connectivity index (χ3v) is 6.88. The Morgan fingerprint density at radius 1 is 0.857 bits per heavy atom. The molecule has 0 aliphatic carbocycles. The van der Waals surface area contributed by atoms with Crippen LogP contribution in [0.15, 0.2) is 53.9 Å². The fourth-order valence-corrected chi connectivity index (χ4v) is 4.68. The van der Waals surface area contributed by atoms with Gasteiger partial charge < -0.3 is 20.1 Å². The number of rotatable bonds is 8. The van der Waals surface area contributed by atoms with Crippen LogP contribution in [0.25, 0.3) is 0 Å². The van der Waals surface area contributed by atoms with Crippen molar-refractivity contribution < 1.29 is 46.4 Å². The summed E-state index contributed by atoms with van der Waals surface area (Å²) in [4.78, 5) is 0.490. The summed E-state index contributed by atoms with van der Waals surface area (Å²) in [5.41, 5.74) is -2.51. The van der Waals surface area contributed by atoms with E-state index < -0.39 is 41.3 Å². The third-order valence-electron chi connectivity index (χ3n) is 5.81. The van der Waals surface area contributed by atoms with Gasteiger partial charge in [0.2, 0.25) is 0 Å². The lowest BCUT2D eigenvalue weighted by atomic mass is 9.85. The molecule has 2 unspecified atom stereocenters. The summed E-state index contributed by atoms with van der Waals surface area (Å²) < 4.78 is 88.6. The van der Waals surface area contributed by atoms with Crippen molar-refractivity contribution in [2.45, 2.75) is 50.6 Å². The van der Waals surface area contributed by atoms with Crippen molar-refractivity contribution >= 4 is 11.3 Å². The lowest BCUT2D eigenvalue weighted by Crippen LogP contribution is -2.54. The SMILES string of the molecule is Cc1c(C(C)(Oc2ccc(CO)c(CO)c2)c2cccs2)cccc1C(F)(F)C(O)(F)C(F)(F)F. The molecule has 0 fully saturated rings. The minimum absolute atomic E-state index is 0.00637. The maximum absolute atomic E-state index is 14.8. The molecular formula is C24H22F6O4S. The molecule has 0 aliphatic rings. The van der Waals surface area contributed by atoms with Gasteiger partial charge in [0.05, 0.1) is 18.1 Å².